The van der Waals surface area contributed by atoms with E-state index in [1.54, 1.807) is 6.92 Å². The van der Waals surface area contributed by atoms with E-state index in [1.807, 2.05) is 6.92 Å². The molecule has 0 saturated carbocycles. The number of aromatic nitrogens is 1. The molecule has 2 amide bonds. The molecule has 1 aromatic heterocycles. The third-order valence-corrected chi connectivity index (χ3v) is 2.86. The minimum atomic E-state index is -0.633. The van der Waals surface area contributed by atoms with Crippen LogP contribution in [0.3, 0.4) is 0 Å². The van der Waals surface area contributed by atoms with E-state index in [9.17, 15) is 9.59 Å². The lowest BCUT2D eigenvalue weighted by Gasteiger charge is -2.15. The zero-order valence-electron chi connectivity index (χ0n) is 10.6. The topological polar surface area (TPSA) is 84.2 Å². The number of hydrogen-bond donors (Lipinski definition) is 3. The highest BCUT2D eigenvalue weighted by Crippen LogP contribution is 2.11. The molecule has 0 aromatic carbocycles. The standard InChI is InChI=1S/C11H17N3O3S/c1-6-9(7(2)17-14-6)4-12-11(16)10(5-18)13-8(3)15/h10,18H,4-5H2,1-3H3,(H,12,16)(H,13,15). The quantitative estimate of drug-likeness (QED) is 0.674. The Morgan fingerprint density at radius 1 is 1.44 bits per heavy atom. The summed E-state index contributed by atoms with van der Waals surface area (Å²) in [7, 11) is 0. The molecular weight excluding hydrogens is 254 g/mol. The first-order valence-electron chi connectivity index (χ1n) is 5.53. The lowest BCUT2D eigenvalue weighted by molar-refractivity contribution is -0.127. The molecule has 7 heteroatoms. The van der Waals surface area contributed by atoms with Gasteiger partial charge in [-0.15, -0.1) is 0 Å². The first-order chi connectivity index (χ1) is 8.45. The van der Waals surface area contributed by atoms with E-state index in [2.05, 4.69) is 28.4 Å². The maximum atomic E-state index is 11.8. The highest BCUT2D eigenvalue weighted by atomic mass is 32.1. The molecule has 0 aliphatic heterocycles. The number of thiol groups is 1. The Bertz CT molecular complexity index is 425. The molecular formula is C11H17N3O3S. The monoisotopic (exact) mass is 271 g/mol. The smallest absolute Gasteiger partial charge is 0.243 e. The van der Waals surface area contributed by atoms with Gasteiger partial charge in [0.25, 0.3) is 0 Å². The van der Waals surface area contributed by atoms with Crippen LogP contribution in [0.15, 0.2) is 4.52 Å². The van der Waals surface area contributed by atoms with Gasteiger partial charge in [0.1, 0.15) is 11.8 Å². The molecule has 0 radical (unpaired) electrons. The second-order valence-corrected chi connectivity index (χ2v) is 4.32. The number of carbonyl (C=O) groups is 2. The maximum Gasteiger partial charge on any atom is 0.243 e. The largest absolute Gasteiger partial charge is 0.361 e. The lowest BCUT2D eigenvalue weighted by Crippen LogP contribution is -2.47. The van der Waals surface area contributed by atoms with Gasteiger partial charge < -0.3 is 15.2 Å². The molecule has 100 valence electrons. The Morgan fingerprint density at radius 3 is 2.56 bits per heavy atom. The van der Waals surface area contributed by atoms with Crippen LogP contribution < -0.4 is 10.6 Å². The van der Waals surface area contributed by atoms with Crippen molar-refractivity contribution in [3.05, 3.63) is 17.0 Å². The van der Waals surface area contributed by atoms with E-state index < -0.39 is 6.04 Å². The van der Waals surface area contributed by atoms with Crippen LogP contribution in [0, 0.1) is 13.8 Å². The van der Waals surface area contributed by atoms with Crippen molar-refractivity contribution < 1.29 is 14.1 Å². The van der Waals surface area contributed by atoms with Crippen molar-refractivity contribution in [2.75, 3.05) is 5.75 Å². The average molecular weight is 271 g/mol. The molecule has 2 N–H and O–H groups in total. The summed E-state index contributed by atoms with van der Waals surface area (Å²) < 4.78 is 4.99. The van der Waals surface area contributed by atoms with Crippen molar-refractivity contribution in [2.45, 2.75) is 33.4 Å². The Balaban J connectivity index is 2.57. The Morgan fingerprint density at radius 2 is 2.11 bits per heavy atom. The van der Waals surface area contributed by atoms with E-state index in [0.29, 0.717) is 12.3 Å². The van der Waals surface area contributed by atoms with E-state index >= 15 is 0 Å². The molecule has 0 spiro atoms. The predicted octanol–water partition coefficient (Wildman–Crippen LogP) is 0.342. The van der Waals surface area contributed by atoms with Crippen molar-refractivity contribution in [1.82, 2.24) is 15.8 Å². The number of rotatable bonds is 5. The summed E-state index contributed by atoms with van der Waals surface area (Å²) in [6.45, 7) is 5.27. The molecule has 0 bridgehead atoms. The molecule has 1 rings (SSSR count). The van der Waals surface area contributed by atoms with Crippen LogP contribution in [0.4, 0.5) is 0 Å². The molecule has 18 heavy (non-hydrogen) atoms. The second-order valence-electron chi connectivity index (χ2n) is 3.96. The second kappa shape index (κ2) is 6.44. The molecule has 1 heterocycles. The van der Waals surface area contributed by atoms with Crippen LogP contribution >= 0.6 is 12.6 Å². The SMILES string of the molecule is CC(=O)NC(CS)C(=O)NCc1c(C)noc1C. The number of nitrogens with one attached hydrogen (secondary N) is 2. The zero-order valence-corrected chi connectivity index (χ0v) is 11.5. The molecule has 1 aromatic rings. The van der Waals surface area contributed by atoms with Crippen molar-refractivity contribution in [1.29, 1.82) is 0 Å². The van der Waals surface area contributed by atoms with Crippen LogP contribution in [-0.4, -0.2) is 28.8 Å². The lowest BCUT2D eigenvalue weighted by atomic mass is 10.2. The van der Waals surface area contributed by atoms with Gasteiger partial charge in [0.05, 0.1) is 5.69 Å². The van der Waals surface area contributed by atoms with Crippen molar-refractivity contribution >= 4 is 24.4 Å². The number of carbonyl (C=O) groups excluding carboxylic acids is 2. The van der Waals surface area contributed by atoms with Crippen LogP contribution in [0.25, 0.3) is 0 Å². The van der Waals surface area contributed by atoms with E-state index in [0.717, 1.165) is 11.3 Å². The number of amides is 2. The zero-order chi connectivity index (χ0) is 13.7. The summed E-state index contributed by atoms with van der Waals surface area (Å²) in [5.41, 5.74) is 1.60. The van der Waals surface area contributed by atoms with Crippen LogP contribution in [0.1, 0.15) is 23.9 Å². The van der Waals surface area contributed by atoms with Crippen molar-refractivity contribution in [2.24, 2.45) is 0 Å². The molecule has 6 nitrogen and oxygen atoms in total. The van der Waals surface area contributed by atoms with Gasteiger partial charge >= 0.3 is 0 Å². The normalized spacial score (nSPS) is 12.0. The molecule has 0 fully saturated rings. The van der Waals surface area contributed by atoms with Crippen LogP contribution in [-0.2, 0) is 16.1 Å². The summed E-state index contributed by atoms with van der Waals surface area (Å²) in [5.74, 6) is 0.379. The van der Waals surface area contributed by atoms with Gasteiger partial charge in [0.15, 0.2) is 0 Å². The molecule has 0 aliphatic carbocycles. The fourth-order valence-electron chi connectivity index (χ4n) is 1.49. The Kier molecular flexibility index (Phi) is 5.21. The van der Waals surface area contributed by atoms with Gasteiger partial charge in [0.2, 0.25) is 11.8 Å². The summed E-state index contributed by atoms with van der Waals surface area (Å²) >= 11 is 4.03. The average Bonchev–Trinajstić information content (AvgIpc) is 2.63. The molecule has 1 unspecified atom stereocenters. The van der Waals surface area contributed by atoms with Gasteiger partial charge in [-0.2, -0.15) is 12.6 Å². The number of aryl methyl sites for hydroxylation is 2. The van der Waals surface area contributed by atoms with Gasteiger partial charge in [0, 0.05) is 24.8 Å². The first-order valence-corrected chi connectivity index (χ1v) is 6.16. The third kappa shape index (κ3) is 3.76. The maximum absolute atomic E-state index is 11.8. The number of nitrogens with zero attached hydrogens (tertiary/aromatic N) is 1. The van der Waals surface area contributed by atoms with Gasteiger partial charge in [-0.25, -0.2) is 0 Å². The van der Waals surface area contributed by atoms with E-state index in [1.165, 1.54) is 6.92 Å². The highest BCUT2D eigenvalue weighted by molar-refractivity contribution is 7.80. The summed E-state index contributed by atoms with van der Waals surface area (Å²) in [6, 6.07) is -0.633. The third-order valence-electron chi connectivity index (χ3n) is 2.50. The van der Waals surface area contributed by atoms with Crippen molar-refractivity contribution in [3.63, 3.8) is 0 Å². The fourth-order valence-corrected chi connectivity index (χ4v) is 1.75. The molecule has 1 atom stereocenters. The minimum absolute atomic E-state index is 0.243. The predicted molar refractivity (Wildman–Crippen MR) is 69.3 cm³/mol. The van der Waals surface area contributed by atoms with E-state index in [4.69, 9.17) is 4.52 Å². The van der Waals surface area contributed by atoms with Crippen molar-refractivity contribution in [3.8, 4) is 0 Å². The first kappa shape index (κ1) is 14.6. The number of hydrogen-bond acceptors (Lipinski definition) is 5. The van der Waals surface area contributed by atoms with Crippen LogP contribution in [0.2, 0.25) is 0 Å². The summed E-state index contributed by atoms with van der Waals surface area (Å²) in [6.07, 6.45) is 0. The molecule has 0 saturated heterocycles. The highest BCUT2D eigenvalue weighted by Gasteiger charge is 2.18. The Labute approximate surface area is 111 Å². The Hall–Kier alpha value is -1.50. The van der Waals surface area contributed by atoms with Crippen LogP contribution in [0.5, 0.6) is 0 Å². The van der Waals surface area contributed by atoms with Gasteiger partial charge in [-0.1, -0.05) is 5.16 Å². The van der Waals surface area contributed by atoms with E-state index in [-0.39, 0.29) is 17.6 Å². The summed E-state index contributed by atoms with van der Waals surface area (Å²) in [5, 5.41) is 9.04. The van der Waals surface area contributed by atoms with Gasteiger partial charge in [-0.05, 0) is 13.8 Å². The fraction of sp³-hybridized carbons (Fsp3) is 0.545. The summed E-state index contributed by atoms with van der Waals surface area (Å²) in [4.78, 5) is 22.7. The van der Waals surface area contributed by atoms with Gasteiger partial charge in [-0.3, -0.25) is 9.59 Å². The minimum Gasteiger partial charge on any atom is -0.361 e. The molecule has 0 aliphatic rings.